The Hall–Kier alpha value is -1.29. The highest BCUT2D eigenvalue weighted by Gasteiger charge is 2.22. The molecule has 108 valence electrons. The number of rotatable bonds is 5. The fourth-order valence-electron chi connectivity index (χ4n) is 2.95. The Kier molecular flexibility index (Phi) is 4.10. The lowest BCUT2D eigenvalue weighted by atomic mass is 9.94. The van der Waals surface area contributed by atoms with E-state index in [-0.39, 0.29) is 0 Å². The van der Waals surface area contributed by atoms with E-state index in [2.05, 4.69) is 46.4 Å². The van der Waals surface area contributed by atoms with E-state index in [4.69, 9.17) is 0 Å². The van der Waals surface area contributed by atoms with E-state index in [0.29, 0.717) is 6.04 Å². The first kappa shape index (κ1) is 13.7. The molecule has 0 saturated heterocycles. The fourth-order valence-corrected chi connectivity index (χ4v) is 3.94. The van der Waals surface area contributed by atoms with Crippen molar-refractivity contribution in [1.29, 1.82) is 0 Å². The molecule has 0 bridgehead atoms. The Morgan fingerprint density at radius 3 is 3.25 bits per heavy atom. The Morgan fingerprint density at radius 1 is 1.50 bits per heavy atom. The molecule has 0 aliphatic heterocycles. The number of thiophene rings is 1. The second-order valence-corrected chi connectivity index (χ2v) is 6.64. The number of unbranched alkanes of at least 4 members (excludes halogenated alkanes) is 1. The van der Waals surface area contributed by atoms with Gasteiger partial charge in [-0.25, -0.2) is 4.98 Å². The van der Waals surface area contributed by atoms with Gasteiger partial charge in [0.1, 0.15) is 0 Å². The molecule has 1 atom stereocenters. The van der Waals surface area contributed by atoms with Crippen LogP contribution >= 0.6 is 11.3 Å². The van der Waals surface area contributed by atoms with Gasteiger partial charge in [0.15, 0.2) is 0 Å². The van der Waals surface area contributed by atoms with Crippen molar-refractivity contribution < 1.29 is 0 Å². The van der Waals surface area contributed by atoms with Crippen molar-refractivity contribution in [1.82, 2.24) is 9.55 Å². The molecule has 20 heavy (non-hydrogen) atoms. The quantitative estimate of drug-likeness (QED) is 0.875. The van der Waals surface area contributed by atoms with E-state index in [0.717, 1.165) is 18.2 Å². The summed E-state index contributed by atoms with van der Waals surface area (Å²) in [6.07, 6.45) is 8.32. The van der Waals surface area contributed by atoms with Gasteiger partial charge in [-0.15, -0.1) is 11.3 Å². The molecule has 1 unspecified atom stereocenters. The minimum Gasteiger partial charge on any atom is -0.349 e. The molecule has 1 aliphatic rings. The SMILES string of the molecule is CCCCn1cc(C)nc1NC1CCCc2sccc21. The lowest BCUT2D eigenvalue weighted by molar-refractivity contribution is 0.587. The maximum atomic E-state index is 4.67. The molecule has 3 rings (SSSR count). The predicted octanol–water partition coefficient (Wildman–Crippen LogP) is 4.54. The molecule has 2 heterocycles. The van der Waals surface area contributed by atoms with Gasteiger partial charge in [-0.2, -0.15) is 0 Å². The lowest BCUT2D eigenvalue weighted by Crippen LogP contribution is -2.18. The smallest absolute Gasteiger partial charge is 0.203 e. The molecule has 4 heteroatoms. The van der Waals surface area contributed by atoms with Crippen molar-refractivity contribution >= 4 is 17.3 Å². The average molecular weight is 289 g/mol. The third-order valence-corrected chi connectivity index (χ3v) is 5.00. The number of fused-ring (bicyclic) bond motifs is 1. The van der Waals surface area contributed by atoms with E-state index in [1.807, 2.05) is 11.3 Å². The van der Waals surface area contributed by atoms with E-state index < -0.39 is 0 Å². The van der Waals surface area contributed by atoms with E-state index in [9.17, 15) is 0 Å². The summed E-state index contributed by atoms with van der Waals surface area (Å²) >= 11 is 1.90. The van der Waals surface area contributed by atoms with Gasteiger partial charge in [0.2, 0.25) is 5.95 Å². The summed E-state index contributed by atoms with van der Waals surface area (Å²) < 4.78 is 2.28. The van der Waals surface area contributed by atoms with Crippen LogP contribution in [0.15, 0.2) is 17.6 Å². The van der Waals surface area contributed by atoms with Crippen LogP contribution in [-0.2, 0) is 13.0 Å². The monoisotopic (exact) mass is 289 g/mol. The molecule has 1 N–H and O–H groups in total. The van der Waals surface area contributed by atoms with Crippen LogP contribution in [0.2, 0.25) is 0 Å². The van der Waals surface area contributed by atoms with Crippen LogP contribution in [0, 0.1) is 6.92 Å². The maximum absolute atomic E-state index is 4.67. The molecule has 0 spiro atoms. The van der Waals surface area contributed by atoms with Crippen LogP contribution in [0.1, 0.15) is 54.8 Å². The van der Waals surface area contributed by atoms with Crippen molar-refractivity contribution in [2.45, 2.75) is 58.5 Å². The Balaban J connectivity index is 1.79. The molecule has 0 radical (unpaired) electrons. The summed E-state index contributed by atoms with van der Waals surface area (Å²) in [7, 11) is 0. The summed E-state index contributed by atoms with van der Waals surface area (Å²) in [6.45, 7) is 5.36. The van der Waals surface area contributed by atoms with Crippen molar-refractivity contribution in [2.75, 3.05) is 5.32 Å². The average Bonchev–Trinajstić information content (AvgIpc) is 3.04. The first-order chi connectivity index (χ1) is 9.78. The van der Waals surface area contributed by atoms with Gasteiger partial charge in [-0.3, -0.25) is 0 Å². The van der Waals surface area contributed by atoms with Gasteiger partial charge in [-0.05, 0) is 49.6 Å². The van der Waals surface area contributed by atoms with Gasteiger partial charge in [-0.1, -0.05) is 13.3 Å². The second kappa shape index (κ2) is 6.00. The molecule has 2 aromatic rings. The third-order valence-electron chi connectivity index (χ3n) is 4.00. The molecular formula is C16H23N3S. The highest BCUT2D eigenvalue weighted by molar-refractivity contribution is 7.10. The Morgan fingerprint density at radius 2 is 2.40 bits per heavy atom. The van der Waals surface area contributed by atoms with Crippen LogP contribution in [-0.4, -0.2) is 9.55 Å². The van der Waals surface area contributed by atoms with Crippen molar-refractivity contribution in [3.63, 3.8) is 0 Å². The molecule has 0 amide bonds. The number of hydrogen-bond acceptors (Lipinski definition) is 3. The molecular weight excluding hydrogens is 266 g/mol. The lowest BCUT2D eigenvalue weighted by Gasteiger charge is -2.24. The number of nitrogens with zero attached hydrogens (tertiary/aromatic N) is 2. The largest absolute Gasteiger partial charge is 0.349 e. The number of aryl methyl sites for hydroxylation is 3. The number of anilines is 1. The van der Waals surface area contributed by atoms with E-state index in [1.54, 1.807) is 4.88 Å². The zero-order valence-corrected chi connectivity index (χ0v) is 13.2. The van der Waals surface area contributed by atoms with Crippen LogP contribution in [0.3, 0.4) is 0 Å². The molecule has 2 aromatic heterocycles. The van der Waals surface area contributed by atoms with Crippen LogP contribution in [0.4, 0.5) is 5.95 Å². The summed E-state index contributed by atoms with van der Waals surface area (Å²) in [5.74, 6) is 1.04. The van der Waals surface area contributed by atoms with Gasteiger partial charge in [0, 0.05) is 17.6 Å². The molecule has 0 saturated carbocycles. The number of nitrogens with one attached hydrogen (secondary N) is 1. The Labute approximate surface area is 125 Å². The first-order valence-electron chi connectivity index (χ1n) is 7.64. The number of hydrogen-bond donors (Lipinski definition) is 1. The van der Waals surface area contributed by atoms with Crippen molar-refractivity contribution in [2.24, 2.45) is 0 Å². The normalized spacial score (nSPS) is 18.0. The summed E-state index contributed by atoms with van der Waals surface area (Å²) in [5.41, 5.74) is 2.59. The minimum atomic E-state index is 0.437. The summed E-state index contributed by atoms with van der Waals surface area (Å²) in [6, 6.07) is 2.72. The zero-order valence-electron chi connectivity index (χ0n) is 12.4. The van der Waals surface area contributed by atoms with Gasteiger partial charge >= 0.3 is 0 Å². The standard InChI is InChI=1S/C16H23N3S/c1-3-4-9-19-11-12(2)17-16(19)18-14-6-5-7-15-13(14)8-10-20-15/h8,10-11,14H,3-7,9H2,1-2H3,(H,17,18). The highest BCUT2D eigenvalue weighted by Crippen LogP contribution is 2.35. The molecule has 1 aliphatic carbocycles. The van der Waals surface area contributed by atoms with Crippen LogP contribution < -0.4 is 5.32 Å². The van der Waals surface area contributed by atoms with E-state index in [1.165, 1.54) is 37.7 Å². The topological polar surface area (TPSA) is 29.9 Å². The predicted molar refractivity (Wildman–Crippen MR) is 85.5 cm³/mol. The summed E-state index contributed by atoms with van der Waals surface area (Å²) in [4.78, 5) is 6.22. The zero-order chi connectivity index (χ0) is 13.9. The van der Waals surface area contributed by atoms with Crippen molar-refractivity contribution in [3.05, 3.63) is 33.8 Å². The second-order valence-electron chi connectivity index (χ2n) is 5.64. The highest BCUT2D eigenvalue weighted by atomic mass is 32.1. The van der Waals surface area contributed by atoms with Crippen LogP contribution in [0.5, 0.6) is 0 Å². The Bertz CT molecular complexity index is 570. The fraction of sp³-hybridized carbons (Fsp3) is 0.562. The summed E-state index contributed by atoms with van der Waals surface area (Å²) in [5, 5.41) is 5.90. The molecule has 3 nitrogen and oxygen atoms in total. The minimum absolute atomic E-state index is 0.437. The number of aromatic nitrogens is 2. The molecule has 0 fully saturated rings. The van der Waals surface area contributed by atoms with Gasteiger partial charge < -0.3 is 9.88 Å². The van der Waals surface area contributed by atoms with Crippen LogP contribution in [0.25, 0.3) is 0 Å². The van der Waals surface area contributed by atoms with Crippen molar-refractivity contribution in [3.8, 4) is 0 Å². The third kappa shape index (κ3) is 2.75. The van der Waals surface area contributed by atoms with E-state index >= 15 is 0 Å². The first-order valence-corrected chi connectivity index (χ1v) is 8.52. The van der Waals surface area contributed by atoms with Gasteiger partial charge in [0.25, 0.3) is 0 Å². The molecule has 0 aromatic carbocycles. The maximum Gasteiger partial charge on any atom is 0.203 e. The number of imidazole rings is 1. The van der Waals surface area contributed by atoms with Gasteiger partial charge in [0.05, 0.1) is 11.7 Å².